The fraction of sp³-hybridized carbons (Fsp3) is 0.333. The summed E-state index contributed by atoms with van der Waals surface area (Å²) in [6, 6.07) is 9.72. The molecule has 168 valence electrons. The van der Waals surface area contributed by atoms with Gasteiger partial charge in [-0.1, -0.05) is 23.7 Å². The van der Waals surface area contributed by atoms with E-state index in [1.165, 1.54) is 18.4 Å². The minimum absolute atomic E-state index is 0.0616. The largest absolute Gasteiger partial charge is 0.503 e. The lowest BCUT2D eigenvalue weighted by Crippen LogP contribution is -2.39. The Balaban J connectivity index is 1.56. The van der Waals surface area contributed by atoms with Gasteiger partial charge in [-0.05, 0) is 48.4 Å². The summed E-state index contributed by atoms with van der Waals surface area (Å²) in [5.74, 6) is -0.983. The number of amides is 1. The zero-order valence-corrected chi connectivity index (χ0v) is 18.3. The average Bonchev–Trinajstić information content (AvgIpc) is 3.41. The molecule has 1 atom stereocenters. The highest BCUT2D eigenvalue weighted by molar-refractivity contribution is 6.30. The van der Waals surface area contributed by atoms with Gasteiger partial charge in [-0.3, -0.25) is 14.5 Å². The normalized spacial score (nSPS) is 20.0. The fourth-order valence-corrected chi connectivity index (χ4v) is 4.18. The third-order valence-corrected chi connectivity index (χ3v) is 5.93. The van der Waals surface area contributed by atoms with Crippen LogP contribution in [0.3, 0.4) is 0 Å². The van der Waals surface area contributed by atoms with E-state index in [9.17, 15) is 14.7 Å². The summed E-state index contributed by atoms with van der Waals surface area (Å²) < 4.78 is 10.6. The van der Waals surface area contributed by atoms with Crippen LogP contribution >= 0.6 is 11.6 Å². The first-order valence-corrected chi connectivity index (χ1v) is 11.0. The van der Waals surface area contributed by atoms with Crippen molar-refractivity contribution < 1.29 is 23.8 Å². The maximum atomic E-state index is 13.0. The molecule has 3 heterocycles. The van der Waals surface area contributed by atoms with Crippen LogP contribution in [0.1, 0.15) is 23.8 Å². The summed E-state index contributed by atoms with van der Waals surface area (Å²) in [6.45, 7) is 4.35. The van der Waals surface area contributed by atoms with Crippen molar-refractivity contribution in [3.05, 3.63) is 76.4 Å². The van der Waals surface area contributed by atoms with Crippen LogP contribution in [0.2, 0.25) is 5.02 Å². The molecule has 2 aromatic rings. The van der Waals surface area contributed by atoms with Gasteiger partial charge in [0.1, 0.15) is 5.76 Å². The molecule has 7 nitrogen and oxygen atoms in total. The zero-order valence-electron chi connectivity index (χ0n) is 17.6. The number of carbonyl (C=O) groups is 2. The standard InChI is InChI=1S/C24H25ClN2O5/c25-18-6-4-17(5-7-18)22-21(20(28)9-8-19-3-1-14-32-19)23(29)24(30)27(22)11-2-10-26-12-15-31-16-13-26/h1,3-9,14,22,29H,2,10-13,15-16H2/b9-8+. The number of morpholine rings is 1. The van der Waals surface area contributed by atoms with Gasteiger partial charge in [0.15, 0.2) is 11.5 Å². The minimum Gasteiger partial charge on any atom is -0.503 e. The van der Waals surface area contributed by atoms with Crippen LogP contribution in [0.25, 0.3) is 6.08 Å². The zero-order chi connectivity index (χ0) is 22.5. The number of rotatable bonds is 8. The van der Waals surface area contributed by atoms with Crippen LogP contribution < -0.4 is 0 Å². The molecule has 1 saturated heterocycles. The third-order valence-electron chi connectivity index (χ3n) is 5.67. The van der Waals surface area contributed by atoms with Crippen molar-refractivity contribution in [1.82, 2.24) is 9.80 Å². The summed E-state index contributed by atoms with van der Waals surface area (Å²) in [5.41, 5.74) is 0.777. The Morgan fingerprint density at radius 2 is 1.91 bits per heavy atom. The average molecular weight is 457 g/mol. The first-order valence-electron chi connectivity index (χ1n) is 10.6. The van der Waals surface area contributed by atoms with Crippen LogP contribution in [0.5, 0.6) is 0 Å². The number of benzene rings is 1. The van der Waals surface area contributed by atoms with Crippen molar-refractivity contribution in [3.63, 3.8) is 0 Å². The van der Waals surface area contributed by atoms with Gasteiger partial charge in [0.25, 0.3) is 5.91 Å². The molecule has 0 spiro atoms. The lowest BCUT2D eigenvalue weighted by atomic mass is 9.95. The van der Waals surface area contributed by atoms with E-state index < -0.39 is 23.5 Å². The molecule has 4 rings (SSSR count). The van der Waals surface area contributed by atoms with Crippen LogP contribution in [-0.4, -0.2) is 66.0 Å². The van der Waals surface area contributed by atoms with Gasteiger partial charge in [0.2, 0.25) is 0 Å². The van der Waals surface area contributed by atoms with Gasteiger partial charge in [-0.15, -0.1) is 0 Å². The first kappa shape index (κ1) is 22.3. The van der Waals surface area contributed by atoms with E-state index in [-0.39, 0.29) is 5.57 Å². The molecule has 2 aliphatic heterocycles. The van der Waals surface area contributed by atoms with E-state index in [4.69, 9.17) is 20.8 Å². The van der Waals surface area contributed by atoms with Gasteiger partial charge >= 0.3 is 0 Å². The molecule has 0 bridgehead atoms. The van der Waals surface area contributed by atoms with Crippen LogP contribution in [0, 0.1) is 0 Å². The van der Waals surface area contributed by atoms with E-state index in [2.05, 4.69) is 4.90 Å². The molecule has 1 unspecified atom stereocenters. The number of hydrogen-bond donors (Lipinski definition) is 1. The number of halogens is 1. The maximum absolute atomic E-state index is 13.0. The van der Waals surface area contributed by atoms with Crippen molar-refractivity contribution in [2.24, 2.45) is 0 Å². The highest BCUT2D eigenvalue weighted by atomic mass is 35.5. The number of allylic oxidation sites excluding steroid dienone is 1. The quantitative estimate of drug-likeness (QED) is 0.611. The van der Waals surface area contributed by atoms with E-state index in [1.807, 2.05) is 0 Å². The monoisotopic (exact) mass is 456 g/mol. The summed E-state index contributed by atoms with van der Waals surface area (Å²) in [5, 5.41) is 11.2. The molecule has 1 amide bonds. The Morgan fingerprint density at radius 1 is 1.16 bits per heavy atom. The van der Waals surface area contributed by atoms with E-state index in [0.29, 0.717) is 42.5 Å². The molecule has 1 fully saturated rings. The van der Waals surface area contributed by atoms with E-state index in [1.54, 1.807) is 41.3 Å². The highest BCUT2D eigenvalue weighted by Gasteiger charge is 2.42. The van der Waals surface area contributed by atoms with E-state index in [0.717, 1.165) is 19.6 Å². The SMILES string of the molecule is O=C(/C=C/c1ccco1)C1=C(O)C(=O)N(CCCN2CCOCC2)C1c1ccc(Cl)cc1. The predicted octanol–water partition coefficient (Wildman–Crippen LogP) is 3.63. The Hall–Kier alpha value is -2.87. The molecule has 1 N–H and O–H groups in total. The Kier molecular flexibility index (Phi) is 7.09. The van der Waals surface area contributed by atoms with Gasteiger partial charge < -0.3 is 19.2 Å². The summed E-state index contributed by atoms with van der Waals surface area (Å²) in [6.07, 6.45) is 5.06. The van der Waals surface area contributed by atoms with Crippen LogP contribution in [0.4, 0.5) is 0 Å². The lowest BCUT2D eigenvalue weighted by Gasteiger charge is -2.30. The van der Waals surface area contributed by atoms with Crippen molar-refractivity contribution in [2.45, 2.75) is 12.5 Å². The second-order valence-corrected chi connectivity index (χ2v) is 8.17. The molecule has 8 heteroatoms. The third kappa shape index (κ3) is 4.96. The minimum atomic E-state index is -0.682. The molecular formula is C24H25ClN2O5. The summed E-state index contributed by atoms with van der Waals surface area (Å²) in [4.78, 5) is 29.8. The van der Waals surface area contributed by atoms with Crippen molar-refractivity contribution >= 4 is 29.4 Å². The molecule has 2 aliphatic rings. The number of aliphatic hydroxyl groups is 1. The number of aliphatic hydroxyl groups excluding tert-OH is 1. The number of furan rings is 1. The maximum Gasteiger partial charge on any atom is 0.290 e. The highest BCUT2D eigenvalue weighted by Crippen LogP contribution is 2.38. The predicted molar refractivity (Wildman–Crippen MR) is 120 cm³/mol. The topological polar surface area (TPSA) is 83.2 Å². The Bertz CT molecular complexity index is 1010. The number of hydrogen-bond acceptors (Lipinski definition) is 6. The second-order valence-electron chi connectivity index (χ2n) is 7.74. The first-order chi connectivity index (χ1) is 15.5. The smallest absolute Gasteiger partial charge is 0.290 e. The second kappa shape index (κ2) is 10.2. The fourth-order valence-electron chi connectivity index (χ4n) is 4.05. The molecule has 1 aromatic carbocycles. The number of carbonyl (C=O) groups excluding carboxylic acids is 2. The molecule has 0 radical (unpaired) electrons. The van der Waals surface area contributed by atoms with Gasteiger partial charge in [0, 0.05) is 31.2 Å². The van der Waals surface area contributed by atoms with Gasteiger partial charge in [-0.2, -0.15) is 0 Å². The summed E-state index contributed by atoms with van der Waals surface area (Å²) in [7, 11) is 0. The molecule has 0 saturated carbocycles. The summed E-state index contributed by atoms with van der Waals surface area (Å²) >= 11 is 6.04. The molecule has 1 aromatic heterocycles. The van der Waals surface area contributed by atoms with Crippen LogP contribution in [0.15, 0.2) is 64.5 Å². The number of ether oxygens (including phenoxy) is 1. The Labute approximate surface area is 191 Å². The lowest BCUT2D eigenvalue weighted by molar-refractivity contribution is -0.129. The van der Waals surface area contributed by atoms with Crippen molar-refractivity contribution in [3.8, 4) is 0 Å². The van der Waals surface area contributed by atoms with Gasteiger partial charge in [-0.25, -0.2) is 0 Å². The number of ketones is 1. The molecular weight excluding hydrogens is 432 g/mol. The van der Waals surface area contributed by atoms with E-state index >= 15 is 0 Å². The van der Waals surface area contributed by atoms with Gasteiger partial charge in [0.05, 0.1) is 31.1 Å². The van der Waals surface area contributed by atoms with Crippen LogP contribution in [-0.2, 0) is 14.3 Å². The number of nitrogens with zero attached hydrogens (tertiary/aromatic N) is 2. The Morgan fingerprint density at radius 3 is 2.59 bits per heavy atom. The van der Waals surface area contributed by atoms with Crippen molar-refractivity contribution in [1.29, 1.82) is 0 Å². The molecule has 0 aliphatic carbocycles. The molecule has 32 heavy (non-hydrogen) atoms. The van der Waals surface area contributed by atoms with Crippen molar-refractivity contribution in [2.75, 3.05) is 39.4 Å².